The number of benzene rings is 2. The fourth-order valence-electron chi connectivity index (χ4n) is 2.00. The highest BCUT2D eigenvalue weighted by molar-refractivity contribution is 8.13. The lowest BCUT2D eigenvalue weighted by atomic mass is 10.1. The Bertz CT molecular complexity index is 753. The monoisotopic (exact) mass is 349 g/mol. The molecule has 0 heterocycles. The molecule has 0 fully saturated rings. The van der Waals surface area contributed by atoms with Gasteiger partial charge >= 0.3 is 0 Å². The van der Waals surface area contributed by atoms with E-state index in [2.05, 4.69) is 41.1 Å². The molecule has 2 N–H and O–H groups in total. The van der Waals surface area contributed by atoms with Crippen LogP contribution in [0.2, 0.25) is 0 Å². The van der Waals surface area contributed by atoms with E-state index in [1.54, 1.807) is 6.21 Å². The summed E-state index contributed by atoms with van der Waals surface area (Å²) in [5.41, 5.74) is 9.08. The minimum Gasteiger partial charge on any atom is -0.377 e. The van der Waals surface area contributed by atoms with Gasteiger partial charge in [-0.2, -0.15) is 5.10 Å². The van der Waals surface area contributed by atoms with E-state index in [4.69, 9.17) is 5.73 Å². The topological polar surface area (TPSA) is 50.7 Å². The summed E-state index contributed by atoms with van der Waals surface area (Å²) in [5, 5.41) is 8.53. The lowest BCUT2D eigenvalue weighted by Gasteiger charge is -1.99. The summed E-state index contributed by atoms with van der Waals surface area (Å²) < 4.78 is 0. The van der Waals surface area contributed by atoms with E-state index in [9.17, 15) is 0 Å². The Morgan fingerprint density at radius 1 is 1.12 bits per heavy atom. The summed E-state index contributed by atoms with van der Waals surface area (Å²) in [5.74, 6) is 7.14. The third-order valence-electron chi connectivity index (χ3n) is 3.39. The summed E-state index contributed by atoms with van der Waals surface area (Å²) in [6.45, 7) is 2.17. The van der Waals surface area contributed by atoms with Crippen LogP contribution in [0.4, 0.5) is 0 Å². The van der Waals surface area contributed by atoms with Crippen LogP contribution in [0.3, 0.4) is 0 Å². The first kappa shape index (κ1) is 18.8. The summed E-state index contributed by atoms with van der Waals surface area (Å²) in [6.07, 6.45) is 4.98. The zero-order valence-corrected chi connectivity index (χ0v) is 15.3. The number of thioether (sulfide) groups is 1. The third-order valence-corrected chi connectivity index (χ3v) is 4.25. The molecule has 0 radical (unpaired) electrons. The van der Waals surface area contributed by atoms with E-state index in [1.165, 1.54) is 23.7 Å². The maximum Gasteiger partial charge on any atom is 0.180 e. The number of hydrogen-bond donors (Lipinski definition) is 1. The van der Waals surface area contributed by atoms with Crippen molar-refractivity contribution in [2.75, 3.05) is 0 Å². The van der Waals surface area contributed by atoms with Gasteiger partial charge in [-0.25, -0.2) is 0 Å². The minimum absolute atomic E-state index is 0.457. The van der Waals surface area contributed by atoms with Crippen molar-refractivity contribution in [1.82, 2.24) is 0 Å². The first-order valence-electron chi connectivity index (χ1n) is 8.40. The van der Waals surface area contributed by atoms with Gasteiger partial charge in [0.15, 0.2) is 5.17 Å². The molecule has 25 heavy (non-hydrogen) atoms. The summed E-state index contributed by atoms with van der Waals surface area (Å²) in [7, 11) is 0. The molecule has 2 aromatic carbocycles. The number of amidine groups is 1. The molecular formula is C21H23N3S. The Morgan fingerprint density at radius 3 is 2.60 bits per heavy atom. The molecule has 0 aliphatic carbocycles. The van der Waals surface area contributed by atoms with E-state index in [1.807, 2.05) is 42.5 Å². The van der Waals surface area contributed by atoms with Gasteiger partial charge in [0.2, 0.25) is 0 Å². The van der Waals surface area contributed by atoms with E-state index >= 15 is 0 Å². The molecule has 2 rings (SSSR count). The lowest BCUT2D eigenvalue weighted by Crippen LogP contribution is -2.05. The molecule has 3 nitrogen and oxygen atoms in total. The van der Waals surface area contributed by atoms with Gasteiger partial charge in [-0.15, -0.1) is 5.10 Å². The quantitative estimate of drug-likeness (QED) is 0.267. The molecule has 128 valence electrons. The average molecular weight is 350 g/mol. The smallest absolute Gasteiger partial charge is 0.180 e. The highest BCUT2D eigenvalue weighted by Gasteiger charge is 1.95. The number of rotatable bonds is 6. The van der Waals surface area contributed by atoms with Gasteiger partial charge in [0.1, 0.15) is 0 Å². The van der Waals surface area contributed by atoms with Crippen molar-refractivity contribution in [1.29, 1.82) is 0 Å². The van der Waals surface area contributed by atoms with Crippen LogP contribution >= 0.6 is 11.8 Å². The van der Waals surface area contributed by atoms with Crippen molar-refractivity contribution in [3.05, 3.63) is 71.3 Å². The second kappa shape index (κ2) is 11.1. The molecule has 0 saturated carbocycles. The second-order valence-electron chi connectivity index (χ2n) is 5.48. The Labute approximate surface area is 154 Å². The van der Waals surface area contributed by atoms with E-state index in [-0.39, 0.29) is 0 Å². The Morgan fingerprint density at radius 2 is 1.88 bits per heavy atom. The van der Waals surface area contributed by atoms with Crippen molar-refractivity contribution < 1.29 is 0 Å². The van der Waals surface area contributed by atoms with Gasteiger partial charge in [0.05, 0.1) is 6.21 Å². The SMILES string of the molecule is CCCCC#Cc1ccc(C=NN=C(N)SCc2ccccc2)cc1. The van der Waals surface area contributed by atoms with Crippen molar-refractivity contribution in [3.63, 3.8) is 0 Å². The van der Waals surface area contributed by atoms with Gasteiger partial charge in [-0.3, -0.25) is 0 Å². The van der Waals surface area contributed by atoms with Crippen LogP contribution in [0, 0.1) is 11.8 Å². The van der Waals surface area contributed by atoms with Crippen LogP contribution in [-0.2, 0) is 5.75 Å². The lowest BCUT2D eigenvalue weighted by molar-refractivity contribution is 0.828. The van der Waals surface area contributed by atoms with E-state index < -0.39 is 0 Å². The highest BCUT2D eigenvalue weighted by Crippen LogP contribution is 2.11. The molecule has 0 unspecified atom stereocenters. The van der Waals surface area contributed by atoms with Gasteiger partial charge in [0.25, 0.3) is 0 Å². The van der Waals surface area contributed by atoms with Crippen molar-refractivity contribution in [3.8, 4) is 11.8 Å². The van der Waals surface area contributed by atoms with Crippen molar-refractivity contribution in [2.24, 2.45) is 15.9 Å². The van der Waals surface area contributed by atoms with Crippen molar-refractivity contribution >= 4 is 23.1 Å². The number of unbranched alkanes of at least 4 members (excludes halogenated alkanes) is 2. The molecule has 0 atom stereocenters. The largest absolute Gasteiger partial charge is 0.377 e. The molecule has 0 bridgehead atoms. The minimum atomic E-state index is 0.457. The standard InChI is InChI=1S/C21H23N3S/c1-2-3-4-6-9-18-12-14-19(15-13-18)16-23-24-21(22)25-17-20-10-7-5-8-11-20/h5,7-8,10-16H,2-4,17H2,1H3,(H2,22,24). The number of nitrogens with two attached hydrogens (primary N) is 1. The van der Waals surface area contributed by atoms with Gasteiger partial charge in [-0.05, 0) is 29.7 Å². The summed E-state index contributed by atoms with van der Waals surface area (Å²) >= 11 is 1.48. The molecule has 0 spiro atoms. The molecule has 0 aliphatic heterocycles. The summed E-state index contributed by atoms with van der Waals surface area (Å²) in [4.78, 5) is 0. The maximum atomic E-state index is 5.87. The van der Waals surface area contributed by atoms with Gasteiger partial charge in [-0.1, -0.05) is 79.4 Å². The van der Waals surface area contributed by atoms with Gasteiger partial charge in [0, 0.05) is 17.7 Å². The van der Waals surface area contributed by atoms with Crippen LogP contribution in [-0.4, -0.2) is 11.4 Å². The van der Waals surface area contributed by atoms with Crippen LogP contribution in [0.5, 0.6) is 0 Å². The van der Waals surface area contributed by atoms with Crippen molar-refractivity contribution in [2.45, 2.75) is 31.9 Å². The third kappa shape index (κ3) is 7.73. The first-order chi connectivity index (χ1) is 12.3. The Balaban J connectivity index is 1.82. The zero-order chi connectivity index (χ0) is 17.7. The van der Waals surface area contributed by atoms with E-state index in [0.717, 1.165) is 29.7 Å². The molecule has 0 amide bonds. The molecule has 4 heteroatoms. The van der Waals surface area contributed by atoms with Crippen LogP contribution in [0.15, 0.2) is 64.8 Å². The van der Waals surface area contributed by atoms with Gasteiger partial charge < -0.3 is 5.73 Å². The molecule has 2 aromatic rings. The Hall–Kier alpha value is -2.51. The highest BCUT2D eigenvalue weighted by atomic mass is 32.2. The molecule has 0 aliphatic rings. The summed E-state index contributed by atoms with van der Waals surface area (Å²) in [6, 6.07) is 18.1. The Kier molecular flexibility index (Phi) is 8.37. The predicted molar refractivity (Wildman–Crippen MR) is 110 cm³/mol. The molecule has 0 aromatic heterocycles. The van der Waals surface area contributed by atoms with Crippen LogP contribution in [0.1, 0.15) is 42.9 Å². The van der Waals surface area contributed by atoms with Crippen LogP contribution < -0.4 is 5.73 Å². The average Bonchev–Trinajstić information content (AvgIpc) is 2.66. The molecule has 0 saturated heterocycles. The fourth-order valence-corrected chi connectivity index (χ4v) is 2.61. The zero-order valence-electron chi connectivity index (χ0n) is 14.5. The maximum absolute atomic E-state index is 5.87. The second-order valence-corrected chi connectivity index (χ2v) is 6.48. The van der Waals surface area contributed by atoms with Crippen LogP contribution in [0.25, 0.3) is 0 Å². The normalized spacial score (nSPS) is 11.3. The number of nitrogens with zero attached hydrogens (tertiary/aromatic N) is 2. The fraction of sp³-hybridized carbons (Fsp3) is 0.238. The number of hydrogen-bond acceptors (Lipinski definition) is 3. The predicted octanol–water partition coefficient (Wildman–Crippen LogP) is 4.81. The van der Waals surface area contributed by atoms with E-state index in [0.29, 0.717) is 5.17 Å². The molecular weight excluding hydrogens is 326 g/mol. The first-order valence-corrected chi connectivity index (χ1v) is 9.38.